The summed E-state index contributed by atoms with van der Waals surface area (Å²) in [4.78, 5) is 11.7. The predicted molar refractivity (Wildman–Crippen MR) is 108 cm³/mol. The first-order valence-corrected chi connectivity index (χ1v) is 12.1. The molecule has 0 heterocycles. The minimum Gasteiger partial charge on any atom is -0.482 e. The Morgan fingerprint density at radius 2 is 1.68 bits per heavy atom. The highest BCUT2D eigenvalue weighted by Gasteiger charge is 2.14. The van der Waals surface area contributed by atoms with Gasteiger partial charge in [-0.15, -0.1) is 0 Å². The van der Waals surface area contributed by atoms with Crippen molar-refractivity contribution in [3.63, 3.8) is 0 Å². The lowest BCUT2D eigenvalue weighted by atomic mass is 10.2. The number of hydrogen-bond donors (Lipinski definition) is 2. The second-order valence-electron chi connectivity index (χ2n) is 5.77. The number of amides is 1. The van der Waals surface area contributed by atoms with Gasteiger partial charge in [-0.3, -0.25) is 9.52 Å². The van der Waals surface area contributed by atoms with Crippen molar-refractivity contribution in [2.24, 2.45) is 0 Å². The Balaban J connectivity index is 2.24. The van der Waals surface area contributed by atoms with Crippen molar-refractivity contribution in [2.45, 2.75) is 4.90 Å². The molecule has 2 aromatic rings. The minimum absolute atomic E-state index is 0.0584. The van der Waals surface area contributed by atoms with Crippen LogP contribution in [0, 0.1) is 0 Å². The molecule has 0 aliphatic heterocycles. The van der Waals surface area contributed by atoms with Crippen LogP contribution in [0.4, 0.5) is 11.4 Å². The summed E-state index contributed by atoms with van der Waals surface area (Å²) in [5.74, 6) is -0.643. The van der Waals surface area contributed by atoms with Gasteiger partial charge in [0, 0.05) is 11.3 Å². The highest BCUT2D eigenvalue weighted by molar-refractivity contribution is 7.90. The average molecular weight is 467 g/mol. The zero-order valence-corrected chi connectivity index (χ0v) is 17.8. The minimum atomic E-state index is -3.70. The molecule has 2 rings (SSSR count). The molecule has 0 aliphatic carbocycles. The normalized spacial score (nSPS) is 11.7. The van der Waals surface area contributed by atoms with Crippen LogP contribution in [-0.4, -0.2) is 41.9 Å². The molecule has 1 amide bonds. The molecule has 0 spiro atoms. The van der Waals surface area contributed by atoms with Gasteiger partial charge in [-0.2, -0.15) is 0 Å². The molecule has 0 atom stereocenters. The average Bonchev–Trinajstić information content (AvgIpc) is 2.53. The number of halogens is 2. The van der Waals surface area contributed by atoms with Gasteiger partial charge >= 0.3 is 0 Å². The van der Waals surface area contributed by atoms with E-state index in [1.807, 2.05) is 0 Å². The first-order valence-electron chi connectivity index (χ1n) is 7.55. The lowest BCUT2D eigenvalue weighted by molar-refractivity contribution is -0.121. The predicted octanol–water partition coefficient (Wildman–Crippen LogP) is 2.60. The molecular weight excluding hydrogens is 451 g/mol. The number of hydrogen-bond acceptors (Lipinski definition) is 7. The van der Waals surface area contributed by atoms with E-state index in [1.165, 1.54) is 36.4 Å². The Hall–Kier alpha value is -2.01. The molecule has 0 fully saturated rings. The van der Waals surface area contributed by atoms with E-state index >= 15 is 0 Å². The van der Waals surface area contributed by atoms with E-state index in [2.05, 4.69) is 5.32 Å². The van der Waals surface area contributed by atoms with Crippen LogP contribution in [0.1, 0.15) is 0 Å². The van der Waals surface area contributed by atoms with Gasteiger partial charge in [0.2, 0.25) is 10.0 Å². The van der Waals surface area contributed by atoms with Gasteiger partial charge in [0.05, 0.1) is 27.5 Å². The van der Waals surface area contributed by atoms with E-state index < -0.39 is 32.4 Å². The van der Waals surface area contributed by atoms with Gasteiger partial charge < -0.3 is 10.1 Å². The van der Waals surface area contributed by atoms with Gasteiger partial charge in [-0.1, -0.05) is 23.2 Å². The van der Waals surface area contributed by atoms with E-state index in [-0.39, 0.29) is 15.7 Å². The zero-order valence-electron chi connectivity index (χ0n) is 14.7. The van der Waals surface area contributed by atoms with E-state index in [9.17, 15) is 21.6 Å². The smallest absolute Gasteiger partial charge is 0.271 e. The van der Waals surface area contributed by atoms with Crippen molar-refractivity contribution in [3.05, 3.63) is 46.4 Å². The lowest BCUT2D eigenvalue weighted by Gasteiger charge is -2.15. The summed E-state index contributed by atoms with van der Waals surface area (Å²) in [6.07, 6.45) is 1.92. The van der Waals surface area contributed by atoms with Gasteiger partial charge in [0.1, 0.15) is 5.75 Å². The number of sulfonamides is 1. The van der Waals surface area contributed by atoms with Crippen LogP contribution < -0.4 is 14.8 Å². The summed E-state index contributed by atoms with van der Waals surface area (Å²) < 4.78 is 52.5. The van der Waals surface area contributed by atoms with Crippen LogP contribution in [0.2, 0.25) is 10.0 Å². The Kier molecular flexibility index (Phi) is 6.81. The Morgan fingerprint density at radius 1 is 1.00 bits per heavy atom. The van der Waals surface area contributed by atoms with Crippen LogP contribution >= 0.6 is 23.2 Å². The topological polar surface area (TPSA) is 119 Å². The fourth-order valence-electron chi connectivity index (χ4n) is 2.08. The van der Waals surface area contributed by atoms with Crippen LogP contribution in [0.25, 0.3) is 0 Å². The molecule has 0 saturated heterocycles. The first-order chi connectivity index (χ1) is 12.8. The molecule has 8 nitrogen and oxygen atoms in total. The van der Waals surface area contributed by atoms with Crippen molar-refractivity contribution in [3.8, 4) is 5.75 Å². The summed E-state index contributed by atoms with van der Waals surface area (Å²) >= 11 is 12.1. The summed E-state index contributed by atoms with van der Waals surface area (Å²) in [7, 11) is -7.11. The lowest BCUT2D eigenvalue weighted by Crippen LogP contribution is -2.33. The van der Waals surface area contributed by atoms with Crippen molar-refractivity contribution in [1.82, 2.24) is 4.72 Å². The zero-order chi connectivity index (χ0) is 21.1. The summed E-state index contributed by atoms with van der Waals surface area (Å²) in [6.45, 7) is -0.551. The van der Waals surface area contributed by atoms with E-state index in [0.29, 0.717) is 16.4 Å². The molecular formula is C16H16Cl2N2O6S2. The highest BCUT2D eigenvalue weighted by Crippen LogP contribution is 2.34. The maximum Gasteiger partial charge on any atom is 0.271 e. The Labute approximate surface area is 172 Å². The first kappa shape index (κ1) is 22.3. The molecule has 2 N–H and O–H groups in total. The molecule has 28 heavy (non-hydrogen) atoms. The molecule has 152 valence electrons. The summed E-state index contributed by atoms with van der Waals surface area (Å²) in [5, 5.41) is 3.45. The fourth-order valence-corrected chi connectivity index (χ4v) is 3.66. The molecule has 0 saturated carbocycles. The SMILES string of the molecule is CS(=O)(=O)NC(=O)COc1ccc(Cl)cc1Nc1ccc(S(C)(=O)=O)cc1Cl. The number of benzene rings is 2. The van der Waals surface area contributed by atoms with Crippen molar-refractivity contribution in [2.75, 3.05) is 24.4 Å². The fraction of sp³-hybridized carbons (Fsp3) is 0.188. The molecule has 12 heteroatoms. The van der Waals surface area contributed by atoms with E-state index in [1.54, 1.807) is 4.72 Å². The van der Waals surface area contributed by atoms with Crippen molar-refractivity contribution >= 4 is 60.3 Å². The molecule has 0 aromatic heterocycles. The number of carbonyl (C=O) groups excluding carboxylic acids is 1. The molecule has 0 aliphatic rings. The number of ether oxygens (including phenoxy) is 1. The van der Waals surface area contributed by atoms with Crippen LogP contribution in [-0.2, 0) is 24.7 Å². The Morgan fingerprint density at radius 3 is 2.25 bits per heavy atom. The van der Waals surface area contributed by atoms with Gasteiger partial charge in [-0.05, 0) is 36.4 Å². The van der Waals surface area contributed by atoms with Gasteiger partial charge in [0.15, 0.2) is 16.4 Å². The van der Waals surface area contributed by atoms with Crippen LogP contribution in [0.3, 0.4) is 0 Å². The number of carbonyl (C=O) groups is 1. The highest BCUT2D eigenvalue weighted by atomic mass is 35.5. The van der Waals surface area contributed by atoms with E-state index in [4.69, 9.17) is 27.9 Å². The quantitative estimate of drug-likeness (QED) is 0.643. The molecule has 0 radical (unpaired) electrons. The second kappa shape index (κ2) is 8.56. The third-order valence-corrected chi connectivity index (χ3v) is 5.49. The summed E-state index contributed by atoms with van der Waals surface area (Å²) in [5.41, 5.74) is 0.718. The number of anilines is 2. The van der Waals surface area contributed by atoms with Crippen LogP contribution in [0.15, 0.2) is 41.3 Å². The standard InChI is InChI=1S/C16H16Cl2N2O6S2/c1-27(22,23)11-4-5-13(12(18)8-11)19-14-7-10(17)3-6-15(14)26-9-16(21)20-28(2,24)25/h3-8,19H,9H2,1-2H3,(H,20,21). The second-order valence-corrected chi connectivity index (χ2v) is 10.4. The van der Waals surface area contributed by atoms with Crippen molar-refractivity contribution in [1.29, 1.82) is 0 Å². The summed E-state index contributed by atoms with van der Waals surface area (Å²) in [6, 6.07) is 8.66. The Bertz CT molecular complexity index is 1120. The molecule has 0 unspecified atom stereocenters. The van der Waals surface area contributed by atoms with Gasteiger partial charge in [0.25, 0.3) is 5.91 Å². The monoisotopic (exact) mass is 466 g/mol. The largest absolute Gasteiger partial charge is 0.482 e. The van der Waals surface area contributed by atoms with Crippen molar-refractivity contribution < 1.29 is 26.4 Å². The third-order valence-electron chi connectivity index (χ3n) is 3.24. The molecule has 0 bridgehead atoms. The van der Waals surface area contributed by atoms with Gasteiger partial charge in [-0.25, -0.2) is 16.8 Å². The maximum absolute atomic E-state index is 11.6. The number of rotatable bonds is 7. The third kappa shape index (κ3) is 6.55. The number of nitrogens with one attached hydrogen (secondary N) is 2. The molecule has 2 aromatic carbocycles. The maximum atomic E-state index is 11.6. The van der Waals surface area contributed by atoms with E-state index in [0.717, 1.165) is 12.5 Å². The van der Waals surface area contributed by atoms with Crippen LogP contribution in [0.5, 0.6) is 5.75 Å². The number of sulfone groups is 1.